The molecule has 0 saturated heterocycles. The third kappa shape index (κ3) is 4.98. The molecular formula is C22H18FN3O3S3. The molecule has 0 radical (unpaired) electrons. The van der Waals surface area contributed by atoms with Crippen molar-refractivity contribution < 1.29 is 17.6 Å². The summed E-state index contributed by atoms with van der Waals surface area (Å²) < 4.78 is 38.4. The summed E-state index contributed by atoms with van der Waals surface area (Å²) in [6.45, 7) is 1.80. The van der Waals surface area contributed by atoms with Crippen molar-refractivity contribution >= 4 is 54.8 Å². The van der Waals surface area contributed by atoms with Crippen LogP contribution >= 0.6 is 23.1 Å². The zero-order valence-corrected chi connectivity index (χ0v) is 19.5. The zero-order valence-electron chi connectivity index (χ0n) is 17.1. The van der Waals surface area contributed by atoms with Crippen molar-refractivity contribution in [2.75, 3.05) is 11.0 Å². The number of hydrogen-bond donors (Lipinski definition) is 1. The topological polar surface area (TPSA) is 89.0 Å². The van der Waals surface area contributed by atoms with Crippen molar-refractivity contribution in [1.82, 2.24) is 9.97 Å². The summed E-state index contributed by atoms with van der Waals surface area (Å²) >= 11 is 2.79. The number of aromatic nitrogens is 2. The van der Waals surface area contributed by atoms with E-state index in [1.165, 1.54) is 41.6 Å². The lowest BCUT2D eigenvalue weighted by atomic mass is 10.1. The Bertz CT molecular complexity index is 1390. The second-order valence-electron chi connectivity index (χ2n) is 7.09. The molecule has 0 aliphatic rings. The number of carbonyl (C=O) groups is 1. The second kappa shape index (κ2) is 8.97. The number of carbonyl (C=O) groups excluding carboxylic acids is 1. The molecule has 0 saturated carbocycles. The predicted molar refractivity (Wildman–Crippen MR) is 127 cm³/mol. The van der Waals surface area contributed by atoms with Crippen molar-refractivity contribution in [3.8, 4) is 11.1 Å². The Kier molecular flexibility index (Phi) is 6.27. The van der Waals surface area contributed by atoms with Crippen LogP contribution in [0.3, 0.4) is 0 Å². The van der Waals surface area contributed by atoms with Gasteiger partial charge in [-0.2, -0.15) is 0 Å². The van der Waals surface area contributed by atoms with Gasteiger partial charge in [0.05, 0.1) is 16.9 Å². The summed E-state index contributed by atoms with van der Waals surface area (Å²) in [6, 6.07) is 12.5. The van der Waals surface area contributed by atoms with E-state index < -0.39 is 15.3 Å². The van der Waals surface area contributed by atoms with Crippen LogP contribution in [0.25, 0.3) is 21.3 Å². The van der Waals surface area contributed by atoms with Crippen LogP contribution in [-0.2, 0) is 10.0 Å². The van der Waals surface area contributed by atoms with E-state index in [0.717, 1.165) is 27.6 Å². The van der Waals surface area contributed by atoms with Gasteiger partial charge in [0.1, 0.15) is 22.0 Å². The van der Waals surface area contributed by atoms with E-state index >= 15 is 0 Å². The summed E-state index contributed by atoms with van der Waals surface area (Å²) in [5.74, 6) is -0.415. The van der Waals surface area contributed by atoms with Crippen LogP contribution in [0.4, 0.5) is 10.1 Å². The number of thioether (sulfide) groups is 1. The molecule has 2 heterocycles. The molecule has 10 heteroatoms. The summed E-state index contributed by atoms with van der Waals surface area (Å²) in [5.41, 5.74) is 2.61. The molecule has 2 aromatic heterocycles. The minimum absolute atomic E-state index is 0.105. The molecule has 1 N–H and O–H groups in total. The van der Waals surface area contributed by atoms with Gasteiger partial charge in [0.25, 0.3) is 0 Å². The normalized spacial score (nSPS) is 12.6. The molecule has 0 spiro atoms. The quantitative estimate of drug-likeness (QED) is 0.218. The second-order valence-corrected chi connectivity index (χ2v) is 11.0. The highest BCUT2D eigenvalue weighted by Gasteiger charge is 2.21. The number of rotatable bonds is 7. The molecule has 0 aliphatic carbocycles. The predicted octanol–water partition coefficient (Wildman–Crippen LogP) is 5.23. The molecule has 2 aromatic carbocycles. The fourth-order valence-corrected chi connectivity index (χ4v) is 5.71. The van der Waals surface area contributed by atoms with Gasteiger partial charge in [0.15, 0.2) is 5.78 Å². The number of ketones is 1. The van der Waals surface area contributed by atoms with Crippen LogP contribution in [0, 0.1) is 5.82 Å². The molecule has 4 rings (SSSR count). The van der Waals surface area contributed by atoms with Gasteiger partial charge in [-0.15, -0.1) is 11.3 Å². The first kappa shape index (κ1) is 22.4. The van der Waals surface area contributed by atoms with Crippen LogP contribution in [0.2, 0.25) is 0 Å². The number of thiophene rings is 1. The van der Waals surface area contributed by atoms with Crippen molar-refractivity contribution in [2.24, 2.45) is 0 Å². The maximum Gasteiger partial charge on any atom is 0.229 e. The van der Waals surface area contributed by atoms with Crippen molar-refractivity contribution in [3.63, 3.8) is 0 Å². The molecule has 0 aliphatic heterocycles. The van der Waals surface area contributed by atoms with E-state index in [4.69, 9.17) is 0 Å². The van der Waals surface area contributed by atoms with Crippen LogP contribution in [0.15, 0.2) is 65.3 Å². The van der Waals surface area contributed by atoms with Crippen molar-refractivity contribution in [1.29, 1.82) is 0 Å². The smallest absolute Gasteiger partial charge is 0.229 e. The van der Waals surface area contributed by atoms with E-state index in [0.29, 0.717) is 16.3 Å². The zero-order chi connectivity index (χ0) is 22.9. The molecule has 0 amide bonds. The SMILES string of the molecule is CC(Sc1ncnc2scc(-c3ccc(F)cc3)c12)C(=O)c1ccc(NS(C)(=O)=O)cc1. The molecule has 4 aromatic rings. The Hall–Kier alpha value is -2.82. The Morgan fingerprint density at radius 3 is 2.44 bits per heavy atom. The van der Waals surface area contributed by atoms with Gasteiger partial charge in [-0.1, -0.05) is 23.9 Å². The van der Waals surface area contributed by atoms with Crippen molar-refractivity contribution in [3.05, 3.63) is 71.6 Å². The van der Waals surface area contributed by atoms with E-state index in [9.17, 15) is 17.6 Å². The highest BCUT2D eigenvalue weighted by Crippen LogP contribution is 2.39. The van der Waals surface area contributed by atoms with Crippen LogP contribution in [0.1, 0.15) is 17.3 Å². The average Bonchev–Trinajstić information content (AvgIpc) is 3.18. The van der Waals surface area contributed by atoms with Crippen LogP contribution in [-0.4, -0.2) is 35.7 Å². The third-order valence-electron chi connectivity index (χ3n) is 4.62. The van der Waals surface area contributed by atoms with Gasteiger partial charge in [0, 0.05) is 22.2 Å². The van der Waals surface area contributed by atoms with Gasteiger partial charge in [-0.3, -0.25) is 9.52 Å². The van der Waals surface area contributed by atoms with Crippen molar-refractivity contribution in [2.45, 2.75) is 17.2 Å². The molecule has 32 heavy (non-hydrogen) atoms. The lowest BCUT2D eigenvalue weighted by Gasteiger charge is -2.12. The number of nitrogens with zero attached hydrogens (tertiary/aromatic N) is 2. The summed E-state index contributed by atoms with van der Waals surface area (Å²) in [5, 5.41) is 3.02. The summed E-state index contributed by atoms with van der Waals surface area (Å²) in [7, 11) is -3.39. The van der Waals surface area contributed by atoms with E-state index in [1.54, 1.807) is 43.3 Å². The first-order valence-corrected chi connectivity index (χ1v) is 13.1. The molecule has 1 atom stereocenters. The fraction of sp³-hybridized carbons (Fsp3) is 0.136. The van der Waals surface area contributed by atoms with E-state index in [2.05, 4.69) is 14.7 Å². The first-order valence-electron chi connectivity index (χ1n) is 9.48. The molecule has 6 nitrogen and oxygen atoms in total. The lowest BCUT2D eigenvalue weighted by Crippen LogP contribution is -2.14. The van der Waals surface area contributed by atoms with Gasteiger partial charge in [-0.25, -0.2) is 22.8 Å². The maximum atomic E-state index is 13.4. The third-order valence-corrected chi connectivity index (χ3v) is 7.21. The average molecular weight is 488 g/mol. The Balaban J connectivity index is 1.60. The largest absolute Gasteiger partial charge is 0.293 e. The number of Topliss-reactive ketones (excluding diaryl/α,β-unsaturated/α-hetero) is 1. The van der Waals surface area contributed by atoms with Gasteiger partial charge >= 0.3 is 0 Å². The minimum Gasteiger partial charge on any atom is -0.293 e. The highest BCUT2D eigenvalue weighted by molar-refractivity contribution is 8.00. The Morgan fingerprint density at radius 2 is 1.78 bits per heavy atom. The number of halogens is 1. The van der Waals surface area contributed by atoms with Crippen LogP contribution in [0.5, 0.6) is 0 Å². The molecule has 164 valence electrons. The maximum absolute atomic E-state index is 13.4. The minimum atomic E-state index is -3.39. The highest BCUT2D eigenvalue weighted by atomic mass is 32.2. The molecule has 0 fully saturated rings. The Morgan fingerprint density at radius 1 is 1.09 bits per heavy atom. The lowest BCUT2D eigenvalue weighted by molar-refractivity contribution is 0.0994. The number of fused-ring (bicyclic) bond motifs is 1. The van der Waals surface area contributed by atoms with Gasteiger partial charge in [-0.05, 0) is 48.9 Å². The monoisotopic (exact) mass is 487 g/mol. The van der Waals surface area contributed by atoms with Crippen LogP contribution < -0.4 is 4.72 Å². The molecule has 0 bridgehead atoms. The molecular weight excluding hydrogens is 469 g/mol. The van der Waals surface area contributed by atoms with E-state index in [1.807, 2.05) is 5.38 Å². The standard InChI is InChI=1S/C22H18FN3O3S3/c1-13(20(27)15-5-9-17(10-6-15)26-32(2,28)29)31-22-19-18(11-30-21(19)24-12-25-22)14-3-7-16(23)8-4-14/h3-13,26H,1-2H3. The number of sulfonamides is 1. The summed E-state index contributed by atoms with van der Waals surface area (Å²) in [6.07, 6.45) is 2.54. The Labute approximate surface area is 193 Å². The first-order chi connectivity index (χ1) is 15.2. The van der Waals surface area contributed by atoms with E-state index in [-0.39, 0.29) is 11.6 Å². The summed E-state index contributed by atoms with van der Waals surface area (Å²) in [4.78, 5) is 22.5. The number of benzene rings is 2. The molecule has 1 unspecified atom stereocenters. The number of anilines is 1. The number of nitrogens with one attached hydrogen (secondary N) is 1. The fourth-order valence-electron chi connectivity index (χ4n) is 3.15. The number of hydrogen-bond acceptors (Lipinski definition) is 7. The van der Waals surface area contributed by atoms with Gasteiger partial charge < -0.3 is 0 Å². The van der Waals surface area contributed by atoms with Gasteiger partial charge in [0.2, 0.25) is 10.0 Å².